The van der Waals surface area contributed by atoms with Crippen LogP contribution in [0.4, 0.5) is 4.79 Å². The van der Waals surface area contributed by atoms with Crippen LogP contribution in [0.15, 0.2) is 35.3 Å². The first-order valence-corrected chi connectivity index (χ1v) is 13.8. The average molecular weight is 609 g/mol. The normalized spacial score (nSPS) is 12.3. The maximum absolute atomic E-state index is 14.1. The number of hydrogen-bond donors (Lipinski definition) is 2. The summed E-state index contributed by atoms with van der Waals surface area (Å²) in [6.45, 7) is 0.341. The van der Waals surface area contributed by atoms with Gasteiger partial charge in [0.05, 0.1) is 42.4 Å². The van der Waals surface area contributed by atoms with Crippen molar-refractivity contribution in [2.24, 2.45) is 0 Å². The van der Waals surface area contributed by atoms with Crippen molar-refractivity contribution in [1.29, 1.82) is 0 Å². The monoisotopic (exact) mass is 608 g/mol. The molecule has 14 nitrogen and oxygen atoms in total. The molecule has 0 atom stereocenters. The minimum absolute atomic E-state index is 0.00280. The van der Waals surface area contributed by atoms with Crippen molar-refractivity contribution < 1.29 is 43.5 Å². The van der Waals surface area contributed by atoms with Gasteiger partial charge in [0, 0.05) is 48.7 Å². The molecular weight excluding hydrogens is 576 g/mol. The summed E-state index contributed by atoms with van der Waals surface area (Å²) in [5, 5.41) is 21.0. The van der Waals surface area contributed by atoms with Gasteiger partial charge in [-0.25, -0.2) is 4.79 Å². The molecule has 232 valence electrons. The van der Waals surface area contributed by atoms with Crippen LogP contribution in [0.1, 0.15) is 18.4 Å². The number of hydrogen-bond acceptors (Lipinski definition) is 11. The molecule has 44 heavy (non-hydrogen) atoms. The van der Waals surface area contributed by atoms with E-state index >= 15 is 0 Å². The van der Waals surface area contributed by atoms with Gasteiger partial charge in [0.2, 0.25) is 6.79 Å². The average Bonchev–Trinajstić information content (AvgIpc) is 3.45. The minimum atomic E-state index is -1.12. The lowest BCUT2D eigenvalue weighted by atomic mass is 10.0. The molecule has 2 aromatic carbocycles. The molecule has 1 aliphatic heterocycles. The third kappa shape index (κ3) is 6.21. The fourth-order valence-electron chi connectivity index (χ4n) is 4.90. The van der Waals surface area contributed by atoms with Crippen molar-refractivity contribution in [1.82, 2.24) is 19.4 Å². The highest BCUT2D eigenvalue weighted by Crippen LogP contribution is 2.39. The second-order valence-corrected chi connectivity index (χ2v) is 10.6. The van der Waals surface area contributed by atoms with E-state index in [0.29, 0.717) is 51.8 Å². The highest BCUT2D eigenvalue weighted by molar-refractivity contribution is 6.15. The first-order valence-electron chi connectivity index (χ1n) is 13.8. The Bertz CT molecular complexity index is 1830. The molecule has 0 saturated carbocycles. The summed E-state index contributed by atoms with van der Waals surface area (Å²) < 4.78 is 23.3. The van der Waals surface area contributed by atoms with Crippen molar-refractivity contribution in [3.8, 4) is 17.2 Å². The molecule has 3 heterocycles. The molecule has 2 N–H and O–H groups in total. The molecule has 0 spiro atoms. The van der Waals surface area contributed by atoms with Gasteiger partial charge in [0.15, 0.2) is 11.5 Å². The number of aromatic nitrogens is 2. The summed E-state index contributed by atoms with van der Waals surface area (Å²) in [6, 6.07) is 6.64. The standard InChI is InChI=1S/C30H32N4O10/c1-32(2)6-7-34-28-20-12-24-25(43-16-42-24)13-22(20)31-14-21(28)18-10-17(15-35)23(11-19(18)29(34)39)44-30(40)33(3)8-9-41-27(38)5-4-26(36)37/h10-14,35H,4-9,15-16H2,1-3H3,(H,36,37). The number of pyridine rings is 2. The van der Waals surface area contributed by atoms with E-state index in [1.807, 2.05) is 25.1 Å². The summed E-state index contributed by atoms with van der Waals surface area (Å²) >= 11 is 0. The van der Waals surface area contributed by atoms with Crippen LogP contribution in [0.3, 0.4) is 0 Å². The number of likely N-dealkylation sites (N-methyl/N-ethyl adjacent to an activating group) is 2. The zero-order chi connectivity index (χ0) is 31.5. The number of carbonyl (C=O) groups is 3. The highest BCUT2D eigenvalue weighted by Gasteiger charge is 2.22. The summed E-state index contributed by atoms with van der Waals surface area (Å²) in [6.07, 6.45) is 0.230. The zero-order valence-electron chi connectivity index (χ0n) is 24.5. The first kappa shape index (κ1) is 30.5. The number of aliphatic hydroxyl groups is 1. The van der Waals surface area contributed by atoms with Gasteiger partial charge in [-0.15, -0.1) is 0 Å². The second kappa shape index (κ2) is 12.7. The second-order valence-electron chi connectivity index (χ2n) is 10.6. The van der Waals surface area contributed by atoms with Crippen molar-refractivity contribution in [3.63, 3.8) is 0 Å². The number of fused-ring (bicyclic) bond motifs is 6. The Hall–Kier alpha value is -4.95. The summed E-state index contributed by atoms with van der Waals surface area (Å²) in [5.41, 5.74) is 1.24. The number of amides is 1. The number of nitrogens with zero attached hydrogens (tertiary/aromatic N) is 4. The molecule has 2 aromatic heterocycles. The molecule has 14 heteroatoms. The van der Waals surface area contributed by atoms with Crippen molar-refractivity contribution in [3.05, 3.63) is 46.4 Å². The Morgan fingerprint density at radius 2 is 1.73 bits per heavy atom. The lowest BCUT2D eigenvalue weighted by molar-refractivity contribution is -0.147. The summed E-state index contributed by atoms with van der Waals surface area (Å²) in [7, 11) is 5.24. The molecule has 0 fully saturated rings. The fourth-order valence-corrected chi connectivity index (χ4v) is 4.90. The smallest absolute Gasteiger partial charge is 0.415 e. The lowest BCUT2D eigenvalue weighted by Crippen LogP contribution is -2.33. The molecule has 1 aliphatic rings. The molecule has 0 bridgehead atoms. The van der Waals surface area contributed by atoms with Crippen LogP contribution in [0.2, 0.25) is 0 Å². The van der Waals surface area contributed by atoms with Crippen LogP contribution in [-0.4, -0.2) is 95.2 Å². The van der Waals surface area contributed by atoms with E-state index in [1.54, 1.807) is 22.9 Å². The van der Waals surface area contributed by atoms with Crippen molar-refractivity contribution in [2.75, 3.05) is 47.6 Å². The number of aliphatic carboxylic acids is 1. The van der Waals surface area contributed by atoms with Crippen LogP contribution in [0.25, 0.3) is 32.6 Å². The van der Waals surface area contributed by atoms with Crippen molar-refractivity contribution >= 4 is 50.6 Å². The number of carbonyl (C=O) groups excluding carboxylic acids is 2. The zero-order valence-corrected chi connectivity index (χ0v) is 24.5. The molecule has 0 saturated heterocycles. The Kier molecular flexibility index (Phi) is 8.83. The quantitative estimate of drug-likeness (QED) is 0.188. The number of ether oxygens (including phenoxy) is 4. The third-order valence-electron chi connectivity index (χ3n) is 7.25. The van der Waals surface area contributed by atoms with Gasteiger partial charge in [0.25, 0.3) is 5.56 Å². The molecule has 5 rings (SSSR count). The van der Waals surface area contributed by atoms with Crippen LogP contribution < -0.4 is 19.8 Å². The van der Waals surface area contributed by atoms with Gasteiger partial charge in [-0.2, -0.15) is 0 Å². The number of benzene rings is 2. The molecule has 4 aromatic rings. The molecule has 0 radical (unpaired) electrons. The van der Waals surface area contributed by atoms with Crippen LogP contribution >= 0.6 is 0 Å². The van der Waals surface area contributed by atoms with Crippen LogP contribution in [0.5, 0.6) is 17.2 Å². The van der Waals surface area contributed by atoms with E-state index in [1.165, 1.54) is 13.1 Å². The Morgan fingerprint density at radius 3 is 2.43 bits per heavy atom. The SMILES string of the molecule is CN(C)CCn1c(=O)c2cc(OC(=O)N(C)CCOC(=O)CCC(=O)O)c(CO)cc2c2cnc3cc4c(cc3c21)OCO4. The molecular formula is C30H32N4O10. The third-order valence-corrected chi connectivity index (χ3v) is 7.25. The van der Waals surface area contributed by atoms with Gasteiger partial charge in [-0.05, 0) is 37.7 Å². The predicted octanol–water partition coefficient (Wildman–Crippen LogP) is 2.32. The van der Waals surface area contributed by atoms with E-state index in [2.05, 4.69) is 4.98 Å². The Labute approximate surface area is 250 Å². The maximum atomic E-state index is 14.1. The van der Waals surface area contributed by atoms with E-state index in [9.17, 15) is 24.3 Å². The van der Waals surface area contributed by atoms with Gasteiger partial charge >= 0.3 is 18.0 Å². The van der Waals surface area contributed by atoms with E-state index in [-0.39, 0.29) is 55.0 Å². The predicted molar refractivity (Wildman–Crippen MR) is 158 cm³/mol. The molecule has 0 unspecified atom stereocenters. The number of carboxylic acid groups (broad SMARTS) is 1. The number of rotatable bonds is 11. The maximum Gasteiger partial charge on any atom is 0.415 e. The van der Waals surface area contributed by atoms with Gasteiger partial charge in [-0.1, -0.05) is 0 Å². The summed E-state index contributed by atoms with van der Waals surface area (Å²) in [5.74, 6) is -0.689. The van der Waals surface area contributed by atoms with Gasteiger partial charge in [0.1, 0.15) is 12.4 Å². The fraction of sp³-hybridized carbons (Fsp3) is 0.367. The lowest BCUT2D eigenvalue weighted by Gasteiger charge is -2.20. The van der Waals surface area contributed by atoms with E-state index < -0.39 is 24.6 Å². The minimum Gasteiger partial charge on any atom is -0.481 e. The largest absolute Gasteiger partial charge is 0.481 e. The highest BCUT2D eigenvalue weighted by atomic mass is 16.7. The Balaban J connectivity index is 1.51. The number of aliphatic hydroxyl groups excluding tert-OH is 1. The van der Waals surface area contributed by atoms with Gasteiger partial charge in [-0.3, -0.25) is 19.4 Å². The van der Waals surface area contributed by atoms with Gasteiger partial charge < -0.3 is 43.5 Å². The van der Waals surface area contributed by atoms with Crippen LogP contribution in [-0.2, 0) is 27.5 Å². The van der Waals surface area contributed by atoms with Crippen LogP contribution in [0, 0.1) is 0 Å². The summed E-state index contributed by atoms with van der Waals surface area (Å²) in [4.78, 5) is 57.0. The molecule has 1 amide bonds. The first-order chi connectivity index (χ1) is 21.1. The topological polar surface area (TPSA) is 170 Å². The van der Waals surface area contributed by atoms with E-state index in [0.717, 1.165) is 4.90 Å². The molecule has 0 aliphatic carbocycles. The Morgan fingerprint density at radius 1 is 0.977 bits per heavy atom. The van der Waals surface area contributed by atoms with E-state index in [4.69, 9.17) is 24.1 Å². The number of esters is 1. The van der Waals surface area contributed by atoms with Crippen molar-refractivity contribution in [2.45, 2.75) is 26.0 Å². The number of carboxylic acids is 1.